The molecule has 4 rings (SSSR count). The molecule has 37 heavy (non-hydrogen) atoms. The van der Waals surface area contributed by atoms with Crippen molar-refractivity contribution < 1.29 is 22.8 Å². The first-order valence-corrected chi connectivity index (χ1v) is 12.1. The van der Waals surface area contributed by atoms with Crippen LogP contribution < -0.4 is 15.7 Å². The molecule has 2 heterocycles. The van der Waals surface area contributed by atoms with Crippen molar-refractivity contribution in [3.8, 4) is 0 Å². The average molecular weight is 535 g/mol. The van der Waals surface area contributed by atoms with Crippen molar-refractivity contribution in [2.45, 2.75) is 44.9 Å². The van der Waals surface area contributed by atoms with Gasteiger partial charge in [-0.2, -0.15) is 13.2 Å². The monoisotopic (exact) mass is 534 g/mol. The molecule has 0 aliphatic carbocycles. The van der Waals surface area contributed by atoms with Gasteiger partial charge in [0, 0.05) is 24.4 Å². The fourth-order valence-corrected chi connectivity index (χ4v) is 4.36. The maximum absolute atomic E-state index is 13.2. The minimum atomic E-state index is -4.42. The van der Waals surface area contributed by atoms with Crippen LogP contribution in [0.5, 0.6) is 0 Å². The smallest absolute Gasteiger partial charge is 0.411 e. The standard InChI is InChI=1S/C26H26ClF3N4O3/c1-16(18-6-8-19(9-7-18)26(28,29)30)31-25-32-22-13-14-33(15-21(22)24(36)34(25)37-2)23(35)12-5-17-3-10-20(27)11-4-17/h3-4,6-11,16H,5,12-15H2,1-2H3,(H,31,32)/t16-/m0/s1. The lowest BCUT2D eigenvalue weighted by Crippen LogP contribution is -2.42. The SMILES string of the molecule is COn1c(N[C@@H](C)c2ccc(C(F)(F)F)cc2)nc2c(c1=O)CN(C(=O)CCc1ccc(Cl)cc1)CC2. The van der Waals surface area contributed by atoms with Crippen LogP contribution >= 0.6 is 11.6 Å². The van der Waals surface area contributed by atoms with Crippen LogP contribution in [0.3, 0.4) is 0 Å². The molecule has 11 heteroatoms. The van der Waals surface area contributed by atoms with Gasteiger partial charge in [0.1, 0.15) is 7.11 Å². The van der Waals surface area contributed by atoms with E-state index >= 15 is 0 Å². The van der Waals surface area contributed by atoms with Crippen LogP contribution in [0.1, 0.15) is 47.3 Å². The molecule has 0 saturated carbocycles. The molecule has 0 unspecified atom stereocenters. The van der Waals surface area contributed by atoms with Crippen LogP contribution in [0.2, 0.25) is 5.02 Å². The van der Waals surface area contributed by atoms with Crippen LogP contribution in [0.25, 0.3) is 0 Å². The van der Waals surface area contributed by atoms with Crippen molar-refractivity contribution in [1.29, 1.82) is 0 Å². The van der Waals surface area contributed by atoms with Crippen molar-refractivity contribution in [3.63, 3.8) is 0 Å². The second kappa shape index (κ2) is 10.8. The number of alkyl halides is 3. The largest absolute Gasteiger partial charge is 0.416 e. The van der Waals surface area contributed by atoms with E-state index in [1.807, 2.05) is 12.1 Å². The van der Waals surface area contributed by atoms with E-state index in [0.717, 1.165) is 22.4 Å². The van der Waals surface area contributed by atoms with Crippen LogP contribution in [-0.4, -0.2) is 34.2 Å². The van der Waals surface area contributed by atoms with E-state index in [9.17, 15) is 22.8 Å². The number of aryl methyl sites for hydroxylation is 1. The van der Waals surface area contributed by atoms with Gasteiger partial charge in [-0.15, -0.1) is 4.73 Å². The number of aromatic nitrogens is 2. The Morgan fingerprint density at radius 2 is 1.84 bits per heavy atom. The Bertz CT molecular complexity index is 1330. The normalized spacial score (nSPS) is 14.2. The van der Waals surface area contributed by atoms with Crippen molar-refractivity contribution in [3.05, 3.63) is 91.9 Å². The summed E-state index contributed by atoms with van der Waals surface area (Å²) < 4.78 is 39.6. The predicted molar refractivity (Wildman–Crippen MR) is 133 cm³/mol. The fraction of sp³-hybridized carbons (Fsp3) is 0.346. The Kier molecular flexibility index (Phi) is 7.77. The molecule has 1 amide bonds. The van der Waals surface area contributed by atoms with Gasteiger partial charge in [0.05, 0.1) is 29.4 Å². The van der Waals surface area contributed by atoms with E-state index in [2.05, 4.69) is 10.3 Å². The van der Waals surface area contributed by atoms with E-state index in [-0.39, 0.29) is 18.4 Å². The molecular weight excluding hydrogens is 509 g/mol. The Morgan fingerprint density at radius 1 is 1.16 bits per heavy atom. The van der Waals surface area contributed by atoms with Crippen molar-refractivity contribution in [1.82, 2.24) is 14.6 Å². The van der Waals surface area contributed by atoms with Crippen LogP contribution in [-0.2, 0) is 30.4 Å². The first-order valence-electron chi connectivity index (χ1n) is 11.7. The summed E-state index contributed by atoms with van der Waals surface area (Å²) in [4.78, 5) is 37.5. The third kappa shape index (κ3) is 6.07. The summed E-state index contributed by atoms with van der Waals surface area (Å²) in [5.41, 5.74) is 1.33. The summed E-state index contributed by atoms with van der Waals surface area (Å²) in [6.07, 6.45) is -3.17. The fourth-order valence-electron chi connectivity index (χ4n) is 4.23. The van der Waals surface area contributed by atoms with E-state index in [4.69, 9.17) is 16.4 Å². The zero-order valence-electron chi connectivity index (χ0n) is 20.3. The molecule has 0 saturated heterocycles. The lowest BCUT2D eigenvalue weighted by Gasteiger charge is -2.29. The second-order valence-corrected chi connectivity index (χ2v) is 9.26. The van der Waals surface area contributed by atoms with Crippen molar-refractivity contribution in [2.24, 2.45) is 0 Å². The van der Waals surface area contributed by atoms with Crippen molar-refractivity contribution in [2.75, 3.05) is 19.0 Å². The molecule has 1 aromatic heterocycles. The molecule has 0 bridgehead atoms. The number of carbonyl (C=O) groups is 1. The van der Waals surface area contributed by atoms with Gasteiger partial charge in [0.2, 0.25) is 11.9 Å². The highest BCUT2D eigenvalue weighted by Gasteiger charge is 2.30. The van der Waals surface area contributed by atoms with E-state index in [0.29, 0.717) is 47.7 Å². The van der Waals surface area contributed by atoms with E-state index in [1.165, 1.54) is 19.2 Å². The minimum absolute atomic E-state index is 0.0675. The number of fused-ring (bicyclic) bond motifs is 1. The second-order valence-electron chi connectivity index (χ2n) is 8.82. The number of rotatable bonds is 7. The number of amides is 1. The summed E-state index contributed by atoms with van der Waals surface area (Å²) >= 11 is 5.91. The zero-order valence-corrected chi connectivity index (χ0v) is 21.1. The quantitative estimate of drug-likeness (QED) is 0.477. The number of hydrogen-bond acceptors (Lipinski definition) is 5. The summed E-state index contributed by atoms with van der Waals surface area (Å²) in [5, 5.41) is 3.69. The van der Waals surface area contributed by atoms with Gasteiger partial charge < -0.3 is 15.1 Å². The number of benzene rings is 2. The van der Waals surface area contributed by atoms with Gasteiger partial charge in [-0.05, 0) is 48.7 Å². The number of hydrogen-bond donors (Lipinski definition) is 1. The Balaban J connectivity index is 1.47. The number of halogens is 4. The van der Waals surface area contributed by atoms with E-state index < -0.39 is 23.3 Å². The highest BCUT2D eigenvalue weighted by Crippen LogP contribution is 2.30. The summed E-state index contributed by atoms with van der Waals surface area (Å²) in [7, 11) is 1.32. The van der Waals surface area contributed by atoms with Gasteiger partial charge in [-0.3, -0.25) is 9.59 Å². The minimum Gasteiger partial charge on any atom is -0.411 e. The Labute approximate surface area is 216 Å². The van der Waals surface area contributed by atoms with Gasteiger partial charge in [0.25, 0.3) is 5.56 Å². The first kappa shape index (κ1) is 26.5. The third-order valence-corrected chi connectivity index (χ3v) is 6.60. The molecular formula is C26H26ClF3N4O3. The number of carbonyl (C=O) groups excluding carboxylic acids is 1. The number of anilines is 1. The molecule has 1 aliphatic heterocycles. The van der Waals surface area contributed by atoms with Gasteiger partial charge in [-0.25, -0.2) is 4.98 Å². The molecule has 1 aliphatic rings. The maximum Gasteiger partial charge on any atom is 0.416 e. The summed E-state index contributed by atoms with van der Waals surface area (Å²) in [6.45, 7) is 2.29. The zero-order chi connectivity index (χ0) is 26.7. The van der Waals surface area contributed by atoms with Gasteiger partial charge >= 0.3 is 6.18 Å². The molecule has 0 radical (unpaired) electrons. The lowest BCUT2D eigenvalue weighted by molar-refractivity contribution is -0.137. The first-order chi connectivity index (χ1) is 17.6. The summed E-state index contributed by atoms with van der Waals surface area (Å²) in [6, 6.07) is 11.6. The molecule has 196 valence electrons. The van der Waals surface area contributed by atoms with Crippen LogP contribution in [0.4, 0.5) is 19.1 Å². The highest BCUT2D eigenvalue weighted by atomic mass is 35.5. The molecule has 0 spiro atoms. The van der Waals surface area contributed by atoms with Crippen LogP contribution in [0.15, 0.2) is 53.3 Å². The average Bonchev–Trinajstić information content (AvgIpc) is 2.88. The van der Waals surface area contributed by atoms with E-state index in [1.54, 1.807) is 24.0 Å². The highest BCUT2D eigenvalue weighted by molar-refractivity contribution is 6.30. The lowest BCUT2D eigenvalue weighted by atomic mass is 10.0. The third-order valence-electron chi connectivity index (χ3n) is 6.35. The molecule has 1 atom stereocenters. The number of nitrogens with one attached hydrogen (secondary N) is 1. The predicted octanol–water partition coefficient (Wildman–Crippen LogP) is 4.66. The Morgan fingerprint density at radius 3 is 2.46 bits per heavy atom. The van der Waals surface area contributed by atoms with Crippen LogP contribution in [0, 0.1) is 0 Å². The van der Waals surface area contributed by atoms with Gasteiger partial charge in [-0.1, -0.05) is 35.9 Å². The molecule has 3 aromatic rings. The summed E-state index contributed by atoms with van der Waals surface area (Å²) in [5.74, 6) is 0.0725. The molecule has 0 fully saturated rings. The number of nitrogens with zero attached hydrogens (tertiary/aromatic N) is 3. The van der Waals surface area contributed by atoms with Crippen molar-refractivity contribution >= 4 is 23.5 Å². The van der Waals surface area contributed by atoms with Gasteiger partial charge in [0.15, 0.2) is 0 Å². The molecule has 7 nitrogen and oxygen atoms in total. The molecule has 2 aromatic carbocycles. The maximum atomic E-state index is 13.2. The topological polar surface area (TPSA) is 76.5 Å². The Hall–Kier alpha value is -3.53. The molecule has 1 N–H and O–H groups in total.